The zero-order chi connectivity index (χ0) is 17.0. The molecule has 3 N–H and O–H groups in total. The first-order valence-electron chi connectivity index (χ1n) is 8.55. The number of hydrogen-bond acceptors (Lipinski definition) is 4. The zero-order valence-corrected chi connectivity index (χ0v) is 15.3. The lowest BCUT2D eigenvalue weighted by Crippen LogP contribution is -2.37. The summed E-state index contributed by atoms with van der Waals surface area (Å²) in [6.07, 6.45) is 3.21. The molecule has 1 saturated carbocycles. The van der Waals surface area contributed by atoms with Crippen LogP contribution < -0.4 is 20.7 Å². The number of rotatable bonds is 6. The van der Waals surface area contributed by atoms with E-state index >= 15 is 0 Å². The van der Waals surface area contributed by atoms with Crippen LogP contribution in [0.4, 0.5) is 0 Å². The van der Waals surface area contributed by atoms with Crippen LogP contribution >= 0.6 is 12.4 Å². The molecule has 0 aromatic heterocycles. The topological polar surface area (TPSA) is 79.5 Å². The fraction of sp³-hybridized carbons (Fsp3) is 0.556. The second kappa shape index (κ2) is 8.54. The molecule has 1 saturated heterocycles. The smallest absolute Gasteiger partial charge is 0.251 e. The molecule has 1 atom stereocenters. The summed E-state index contributed by atoms with van der Waals surface area (Å²) in [7, 11) is 1.59. The van der Waals surface area contributed by atoms with Crippen LogP contribution in [0.1, 0.15) is 29.6 Å². The average molecular weight is 368 g/mol. The molecule has 2 aliphatic rings. The second-order valence-corrected chi connectivity index (χ2v) is 6.64. The summed E-state index contributed by atoms with van der Waals surface area (Å²) in [6, 6.07) is 6.94. The number of benzene rings is 1. The average Bonchev–Trinajstić information content (AvgIpc) is 3.32. The highest BCUT2D eigenvalue weighted by Crippen LogP contribution is 2.58. The molecule has 3 rings (SSSR count). The molecule has 0 radical (unpaired) electrons. The van der Waals surface area contributed by atoms with Crippen LogP contribution in [0.3, 0.4) is 0 Å². The summed E-state index contributed by atoms with van der Waals surface area (Å²) in [5.41, 5.74) is 0.833. The van der Waals surface area contributed by atoms with Gasteiger partial charge >= 0.3 is 0 Å². The molecule has 1 aromatic carbocycles. The van der Waals surface area contributed by atoms with E-state index in [1.54, 1.807) is 31.4 Å². The maximum absolute atomic E-state index is 12.2. The van der Waals surface area contributed by atoms with Gasteiger partial charge in [0.05, 0.1) is 7.11 Å². The number of carbonyl (C=O) groups is 2. The van der Waals surface area contributed by atoms with Crippen molar-refractivity contribution in [1.29, 1.82) is 0 Å². The SMILES string of the molecule is COc1ccc(C(=O)NCCNC(=O)C2CC23CCNCC3)cc1.Cl. The van der Waals surface area contributed by atoms with E-state index < -0.39 is 0 Å². The van der Waals surface area contributed by atoms with Gasteiger partial charge in [0.2, 0.25) is 5.91 Å². The summed E-state index contributed by atoms with van der Waals surface area (Å²) in [5.74, 6) is 0.871. The fourth-order valence-electron chi connectivity index (χ4n) is 3.53. The molecule has 1 spiro atoms. The van der Waals surface area contributed by atoms with Gasteiger partial charge in [-0.15, -0.1) is 12.4 Å². The van der Waals surface area contributed by atoms with Gasteiger partial charge in [-0.05, 0) is 62.0 Å². The van der Waals surface area contributed by atoms with E-state index in [0.717, 1.165) is 38.1 Å². The summed E-state index contributed by atoms with van der Waals surface area (Å²) < 4.78 is 5.07. The predicted molar refractivity (Wildman–Crippen MR) is 98.2 cm³/mol. The Labute approximate surface area is 154 Å². The minimum Gasteiger partial charge on any atom is -0.497 e. The molecule has 1 aliphatic carbocycles. The maximum Gasteiger partial charge on any atom is 0.251 e. The first-order valence-corrected chi connectivity index (χ1v) is 8.55. The molecule has 2 amide bonds. The molecule has 138 valence electrons. The Balaban J connectivity index is 0.00000225. The van der Waals surface area contributed by atoms with Gasteiger partial charge in [0, 0.05) is 24.6 Å². The van der Waals surface area contributed by atoms with E-state index in [1.165, 1.54) is 0 Å². The van der Waals surface area contributed by atoms with Gasteiger partial charge < -0.3 is 20.7 Å². The van der Waals surface area contributed by atoms with Crippen molar-refractivity contribution in [3.63, 3.8) is 0 Å². The third-order valence-corrected chi connectivity index (χ3v) is 5.17. The summed E-state index contributed by atoms with van der Waals surface area (Å²) in [4.78, 5) is 24.2. The maximum atomic E-state index is 12.2. The molecule has 7 heteroatoms. The molecule has 0 bridgehead atoms. The van der Waals surface area contributed by atoms with Gasteiger partial charge in [-0.3, -0.25) is 9.59 Å². The van der Waals surface area contributed by atoms with Crippen LogP contribution in [0.2, 0.25) is 0 Å². The summed E-state index contributed by atoms with van der Waals surface area (Å²) >= 11 is 0. The van der Waals surface area contributed by atoms with E-state index in [4.69, 9.17) is 4.74 Å². The molecular weight excluding hydrogens is 342 g/mol. The number of methoxy groups -OCH3 is 1. The van der Waals surface area contributed by atoms with Crippen molar-refractivity contribution in [2.75, 3.05) is 33.3 Å². The third-order valence-electron chi connectivity index (χ3n) is 5.17. The predicted octanol–water partition coefficient (Wildman–Crippen LogP) is 1.35. The van der Waals surface area contributed by atoms with Crippen LogP contribution in [0.15, 0.2) is 24.3 Å². The lowest BCUT2D eigenvalue weighted by atomic mass is 9.92. The third kappa shape index (κ3) is 4.64. The quantitative estimate of drug-likeness (QED) is 0.663. The standard InChI is InChI=1S/C18H25N3O3.ClH/c1-24-14-4-2-13(3-5-14)16(22)20-10-11-21-17(23)15-12-18(15)6-8-19-9-7-18;/h2-5,15,19H,6-12H2,1H3,(H,20,22)(H,21,23);1H. The van der Waals surface area contributed by atoms with Crippen molar-refractivity contribution in [3.05, 3.63) is 29.8 Å². The summed E-state index contributed by atoms with van der Waals surface area (Å²) in [6.45, 7) is 2.92. The van der Waals surface area contributed by atoms with Gasteiger partial charge in [0.25, 0.3) is 5.91 Å². The van der Waals surface area contributed by atoms with E-state index in [9.17, 15) is 9.59 Å². The molecule has 25 heavy (non-hydrogen) atoms. The van der Waals surface area contributed by atoms with Crippen molar-refractivity contribution in [1.82, 2.24) is 16.0 Å². The van der Waals surface area contributed by atoms with Crippen LogP contribution in [0.25, 0.3) is 0 Å². The molecule has 1 aromatic rings. The van der Waals surface area contributed by atoms with Crippen LogP contribution in [-0.4, -0.2) is 45.1 Å². The van der Waals surface area contributed by atoms with Crippen molar-refractivity contribution < 1.29 is 14.3 Å². The second-order valence-electron chi connectivity index (χ2n) is 6.64. The number of halogens is 1. The molecule has 1 aliphatic heterocycles. The highest BCUT2D eigenvalue weighted by atomic mass is 35.5. The first-order chi connectivity index (χ1) is 11.6. The number of nitrogens with one attached hydrogen (secondary N) is 3. The molecule has 6 nitrogen and oxygen atoms in total. The van der Waals surface area contributed by atoms with E-state index in [-0.39, 0.29) is 35.6 Å². The lowest BCUT2D eigenvalue weighted by Gasteiger charge is -2.23. The Morgan fingerprint density at radius 3 is 2.44 bits per heavy atom. The minimum absolute atomic E-state index is 0. The molecule has 2 fully saturated rings. The fourth-order valence-corrected chi connectivity index (χ4v) is 3.53. The van der Waals surface area contributed by atoms with E-state index in [1.807, 2.05) is 0 Å². The Morgan fingerprint density at radius 1 is 1.16 bits per heavy atom. The number of piperidine rings is 1. The van der Waals surface area contributed by atoms with E-state index in [2.05, 4.69) is 16.0 Å². The normalized spacial score (nSPS) is 20.3. The van der Waals surface area contributed by atoms with Crippen molar-refractivity contribution in [2.45, 2.75) is 19.3 Å². The summed E-state index contributed by atoms with van der Waals surface area (Å²) in [5, 5.41) is 9.11. The number of ether oxygens (including phenoxy) is 1. The van der Waals surface area contributed by atoms with Gasteiger partial charge in [-0.2, -0.15) is 0 Å². The van der Waals surface area contributed by atoms with Crippen LogP contribution in [0, 0.1) is 11.3 Å². The van der Waals surface area contributed by atoms with Crippen molar-refractivity contribution in [2.24, 2.45) is 11.3 Å². The van der Waals surface area contributed by atoms with Crippen molar-refractivity contribution >= 4 is 24.2 Å². The Bertz CT molecular complexity index is 600. The van der Waals surface area contributed by atoms with Gasteiger partial charge in [-0.1, -0.05) is 0 Å². The van der Waals surface area contributed by atoms with Crippen molar-refractivity contribution in [3.8, 4) is 5.75 Å². The minimum atomic E-state index is -0.145. The monoisotopic (exact) mass is 367 g/mol. The highest BCUT2D eigenvalue weighted by Gasteiger charge is 2.57. The van der Waals surface area contributed by atoms with Gasteiger partial charge in [-0.25, -0.2) is 0 Å². The molecular formula is C18H26ClN3O3. The van der Waals surface area contributed by atoms with Gasteiger partial charge in [0.15, 0.2) is 0 Å². The Morgan fingerprint density at radius 2 is 1.80 bits per heavy atom. The van der Waals surface area contributed by atoms with Crippen LogP contribution in [0.5, 0.6) is 5.75 Å². The van der Waals surface area contributed by atoms with Gasteiger partial charge in [0.1, 0.15) is 5.75 Å². The van der Waals surface area contributed by atoms with Crippen LogP contribution in [-0.2, 0) is 4.79 Å². The zero-order valence-electron chi connectivity index (χ0n) is 14.5. The Kier molecular flexibility index (Phi) is 6.67. The largest absolute Gasteiger partial charge is 0.497 e. The van der Waals surface area contributed by atoms with E-state index in [0.29, 0.717) is 18.7 Å². The number of amides is 2. The molecule has 1 unspecified atom stereocenters. The lowest BCUT2D eigenvalue weighted by molar-refractivity contribution is -0.123. The Hall–Kier alpha value is -1.79. The number of carbonyl (C=O) groups excluding carboxylic acids is 2. The molecule has 1 heterocycles. The number of hydrogen-bond donors (Lipinski definition) is 3. The first kappa shape index (κ1) is 19.5. The highest BCUT2D eigenvalue weighted by molar-refractivity contribution is 5.94.